The lowest BCUT2D eigenvalue weighted by Crippen LogP contribution is -2.50. The van der Waals surface area contributed by atoms with Gasteiger partial charge >= 0.3 is 12.1 Å². The third-order valence-corrected chi connectivity index (χ3v) is 4.53. The molecule has 0 spiro atoms. The first-order chi connectivity index (χ1) is 14.1. The number of amides is 2. The molecule has 1 aromatic carbocycles. The molecule has 1 unspecified atom stereocenters. The van der Waals surface area contributed by atoms with E-state index in [0.717, 1.165) is 5.56 Å². The Morgan fingerprint density at radius 3 is 2.37 bits per heavy atom. The summed E-state index contributed by atoms with van der Waals surface area (Å²) in [4.78, 5) is 38.0. The first-order valence-electron chi connectivity index (χ1n) is 10.2. The lowest BCUT2D eigenvalue weighted by atomic mass is 10.1. The van der Waals surface area contributed by atoms with Gasteiger partial charge in [0.2, 0.25) is 5.91 Å². The molecule has 30 heavy (non-hydrogen) atoms. The summed E-state index contributed by atoms with van der Waals surface area (Å²) in [6.45, 7) is 8.11. The minimum Gasteiger partial charge on any atom is -0.458 e. The van der Waals surface area contributed by atoms with Crippen molar-refractivity contribution in [2.75, 3.05) is 19.7 Å². The van der Waals surface area contributed by atoms with Crippen molar-refractivity contribution in [2.24, 2.45) is 0 Å². The monoisotopic (exact) mass is 420 g/mol. The highest BCUT2D eigenvalue weighted by molar-refractivity contribution is 5.85. The third kappa shape index (κ3) is 8.41. The fourth-order valence-electron chi connectivity index (χ4n) is 3.08. The SMILES string of the molecule is CC(NC(=O)OCc1ccccc1)C(=O)N1CCC(OCC(=O)OC(C)(C)C)CC1. The fraction of sp³-hybridized carbons (Fsp3) is 0.591. The van der Waals surface area contributed by atoms with Gasteiger partial charge in [0.15, 0.2) is 0 Å². The van der Waals surface area contributed by atoms with E-state index in [4.69, 9.17) is 14.2 Å². The molecule has 0 aliphatic carbocycles. The van der Waals surface area contributed by atoms with Crippen molar-refractivity contribution in [1.29, 1.82) is 0 Å². The number of hydrogen-bond acceptors (Lipinski definition) is 6. The van der Waals surface area contributed by atoms with Crippen LogP contribution in [-0.4, -0.2) is 60.3 Å². The molecule has 1 aliphatic heterocycles. The standard InChI is InChI=1S/C22H32N2O6/c1-16(23-21(27)29-14-17-8-6-5-7-9-17)20(26)24-12-10-18(11-13-24)28-15-19(25)30-22(2,3)4/h5-9,16,18H,10-15H2,1-4H3,(H,23,27). The topological polar surface area (TPSA) is 94.2 Å². The van der Waals surface area contributed by atoms with Crippen LogP contribution in [0.2, 0.25) is 0 Å². The Hall–Kier alpha value is -2.61. The number of ether oxygens (including phenoxy) is 3. The van der Waals surface area contributed by atoms with Crippen molar-refractivity contribution in [1.82, 2.24) is 10.2 Å². The van der Waals surface area contributed by atoms with Gasteiger partial charge in [-0.25, -0.2) is 9.59 Å². The largest absolute Gasteiger partial charge is 0.458 e. The highest BCUT2D eigenvalue weighted by atomic mass is 16.6. The van der Waals surface area contributed by atoms with Gasteiger partial charge in [0.1, 0.15) is 24.9 Å². The highest BCUT2D eigenvalue weighted by Gasteiger charge is 2.28. The van der Waals surface area contributed by atoms with E-state index < -0.39 is 23.7 Å². The molecule has 2 rings (SSSR count). The third-order valence-electron chi connectivity index (χ3n) is 4.53. The number of piperidine rings is 1. The Kier molecular flexibility index (Phi) is 8.65. The molecule has 8 nitrogen and oxygen atoms in total. The highest BCUT2D eigenvalue weighted by Crippen LogP contribution is 2.15. The molecular formula is C22H32N2O6. The number of esters is 1. The summed E-state index contributed by atoms with van der Waals surface area (Å²) >= 11 is 0. The van der Waals surface area contributed by atoms with Gasteiger partial charge in [0, 0.05) is 13.1 Å². The summed E-state index contributed by atoms with van der Waals surface area (Å²) in [5, 5.41) is 2.58. The molecule has 8 heteroatoms. The average molecular weight is 421 g/mol. The molecule has 0 aromatic heterocycles. The van der Waals surface area contributed by atoms with Crippen molar-refractivity contribution in [3.63, 3.8) is 0 Å². The zero-order chi connectivity index (χ0) is 22.1. The van der Waals surface area contributed by atoms with Crippen LogP contribution >= 0.6 is 0 Å². The molecule has 166 valence electrons. The molecular weight excluding hydrogens is 388 g/mol. The number of nitrogens with one attached hydrogen (secondary N) is 1. The van der Waals surface area contributed by atoms with Crippen molar-refractivity contribution in [3.05, 3.63) is 35.9 Å². The molecule has 1 heterocycles. The molecule has 1 aromatic rings. The summed E-state index contributed by atoms with van der Waals surface area (Å²) in [6.07, 6.45) is 0.523. The van der Waals surface area contributed by atoms with E-state index in [1.165, 1.54) is 0 Å². The smallest absolute Gasteiger partial charge is 0.408 e. The zero-order valence-corrected chi connectivity index (χ0v) is 18.2. The van der Waals surface area contributed by atoms with Crippen LogP contribution in [0.5, 0.6) is 0 Å². The van der Waals surface area contributed by atoms with E-state index in [9.17, 15) is 14.4 Å². The number of carbonyl (C=O) groups excluding carboxylic acids is 3. The van der Waals surface area contributed by atoms with Crippen molar-refractivity contribution in [3.8, 4) is 0 Å². The Labute approximate surface area is 177 Å². The van der Waals surface area contributed by atoms with Crippen LogP contribution < -0.4 is 5.32 Å². The number of hydrogen-bond donors (Lipinski definition) is 1. The second-order valence-corrected chi connectivity index (χ2v) is 8.35. The van der Waals surface area contributed by atoms with Gasteiger partial charge in [-0.1, -0.05) is 30.3 Å². The maximum Gasteiger partial charge on any atom is 0.408 e. The molecule has 1 atom stereocenters. The van der Waals surface area contributed by atoms with E-state index in [1.54, 1.807) is 11.8 Å². The number of carbonyl (C=O) groups is 3. The first kappa shape index (κ1) is 23.7. The second-order valence-electron chi connectivity index (χ2n) is 8.35. The van der Waals surface area contributed by atoms with Gasteiger partial charge in [-0.05, 0) is 46.1 Å². The lowest BCUT2D eigenvalue weighted by Gasteiger charge is -2.33. The summed E-state index contributed by atoms with van der Waals surface area (Å²) in [7, 11) is 0. The number of likely N-dealkylation sites (tertiary alicyclic amines) is 1. The fourth-order valence-corrected chi connectivity index (χ4v) is 3.08. The van der Waals surface area contributed by atoms with Gasteiger partial charge in [0.25, 0.3) is 0 Å². The molecule has 1 fully saturated rings. The molecule has 1 saturated heterocycles. The Morgan fingerprint density at radius 2 is 1.77 bits per heavy atom. The van der Waals surface area contributed by atoms with Gasteiger partial charge in [-0.15, -0.1) is 0 Å². The van der Waals surface area contributed by atoms with Crippen LogP contribution in [0.3, 0.4) is 0 Å². The van der Waals surface area contributed by atoms with Crippen LogP contribution in [0.4, 0.5) is 4.79 Å². The second kappa shape index (κ2) is 11.0. The van der Waals surface area contributed by atoms with Crippen LogP contribution in [-0.2, 0) is 30.4 Å². The van der Waals surface area contributed by atoms with E-state index in [-0.39, 0.29) is 25.2 Å². The number of rotatable bonds is 7. The molecule has 0 saturated carbocycles. The van der Waals surface area contributed by atoms with E-state index >= 15 is 0 Å². The molecule has 0 radical (unpaired) electrons. The Morgan fingerprint density at radius 1 is 1.13 bits per heavy atom. The van der Waals surface area contributed by atoms with Crippen molar-refractivity contribution < 1.29 is 28.6 Å². The molecule has 0 bridgehead atoms. The molecule has 2 amide bonds. The minimum atomic E-state index is -0.687. The maximum absolute atomic E-state index is 12.6. The maximum atomic E-state index is 12.6. The van der Waals surface area contributed by atoms with Gasteiger partial charge < -0.3 is 24.4 Å². The normalized spacial score (nSPS) is 15.9. The Balaban J connectivity index is 1.67. The van der Waals surface area contributed by atoms with Gasteiger partial charge in [0.05, 0.1) is 6.10 Å². The zero-order valence-electron chi connectivity index (χ0n) is 18.2. The summed E-state index contributed by atoms with van der Waals surface area (Å²) in [6, 6.07) is 8.64. The number of alkyl carbamates (subject to hydrolysis) is 1. The Bertz CT molecular complexity index is 708. The summed E-state index contributed by atoms with van der Waals surface area (Å²) < 4.78 is 16.0. The summed E-state index contributed by atoms with van der Waals surface area (Å²) in [5.74, 6) is -0.565. The number of nitrogens with zero attached hydrogens (tertiary/aromatic N) is 1. The van der Waals surface area contributed by atoms with E-state index in [2.05, 4.69) is 5.32 Å². The van der Waals surface area contributed by atoms with Crippen LogP contribution in [0.25, 0.3) is 0 Å². The van der Waals surface area contributed by atoms with Crippen LogP contribution in [0.1, 0.15) is 46.1 Å². The molecule has 1 aliphatic rings. The van der Waals surface area contributed by atoms with Gasteiger partial charge in [-0.3, -0.25) is 4.79 Å². The summed E-state index contributed by atoms with van der Waals surface area (Å²) in [5.41, 5.74) is 0.335. The predicted molar refractivity (Wildman–Crippen MR) is 111 cm³/mol. The number of benzene rings is 1. The van der Waals surface area contributed by atoms with E-state index in [0.29, 0.717) is 25.9 Å². The average Bonchev–Trinajstić information content (AvgIpc) is 2.70. The van der Waals surface area contributed by atoms with Crippen LogP contribution in [0, 0.1) is 0 Å². The van der Waals surface area contributed by atoms with Crippen LogP contribution in [0.15, 0.2) is 30.3 Å². The minimum absolute atomic E-state index is 0.0961. The quantitative estimate of drug-likeness (QED) is 0.682. The lowest BCUT2D eigenvalue weighted by molar-refractivity contribution is -0.163. The molecule has 1 N–H and O–H groups in total. The van der Waals surface area contributed by atoms with Crippen molar-refractivity contribution >= 4 is 18.0 Å². The predicted octanol–water partition coefficient (Wildman–Crippen LogP) is 2.65. The van der Waals surface area contributed by atoms with Crippen molar-refractivity contribution in [2.45, 2.75) is 64.9 Å². The van der Waals surface area contributed by atoms with E-state index in [1.807, 2.05) is 51.1 Å². The first-order valence-corrected chi connectivity index (χ1v) is 10.2. The van der Waals surface area contributed by atoms with Gasteiger partial charge in [-0.2, -0.15) is 0 Å².